The Balaban J connectivity index is 3.13. The second-order valence-electron chi connectivity index (χ2n) is 2.58. The maximum atomic E-state index is 10.7. The molecule has 1 aromatic heterocycles. The van der Waals surface area contributed by atoms with Crippen LogP contribution in [-0.2, 0) is 10.3 Å². The van der Waals surface area contributed by atoms with Gasteiger partial charge in [0.25, 0.3) is 5.56 Å². The Morgan fingerprint density at radius 1 is 1.83 bits per heavy atom. The van der Waals surface area contributed by atoms with E-state index in [1.165, 1.54) is 13.0 Å². The van der Waals surface area contributed by atoms with E-state index in [4.69, 9.17) is 10.8 Å². The van der Waals surface area contributed by atoms with Gasteiger partial charge in [-0.05, 0) is 6.92 Å². The third-order valence-corrected chi connectivity index (χ3v) is 2.54. The number of nitrogens with one attached hydrogen (secondary N) is 1. The second-order valence-corrected chi connectivity index (χ2v) is 3.43. The average molecular weight is 188 g/mol. The van der Waals surface area contributed by atoms with Crippen molar-refractivity contribution in [3.05, 3.63) is 21.3 Å². The van der Waals surface area contributed by atoms with Gasteiger partial charge in [0.15, 0.2) is 0 Å². The van der Waals surface area contributed by atoms with Crippen LogP contribution in [0.3, 0.4) is 0 Å². The lowest BCUT2D eigenvalue weighted by Gasteiger charge is -2.15. The van der Waals surface area contributed by atoms with Crippen LogP contribution in [0.4, 0.5) is 0 Å². The normalized spacial score (nSPS) is 15.5. The maximum absolute atomic E-state index is 10.7. The van der Waals surface area contributed by atoms with E-state index in [2.05, 4.69) is 4.37 Å². The van der Waals surface area contributed by atoms with Gasteiger partial charge >= 0.3 is 5.97 Å². The quantitative estimate of drug-likeness (QED) is 0.593. The zero-order valence-electron chi connectivity index (χ0n) is 6.33. The molecule has 0 fully saturated rings. The molecule has 0 aliphatic carbocycles. The summed E-state index contributed by atoms with van der Waals surface area (Å²) in [5, 5.41) is 8.67. The summed E-state index contributed by atoms with van der Waals surface area (Å²) in [6.45, 7) is 1.34. The first-order valence-corrected chi connectivity index (χ1v) is 3.97. The number of H-pyrrole nitrogens is 1. The molecular formula is C6H8N2O3S. The molecule has 0 saturated carbocycles. The van der Waals surface area contributed by atoms with Crippen molar-refractivity contribution in [1.29, 1.82) is 0 Å². The SMILES string of the molecule is CC(N)(C(=O)O)c1cc(=O)[nH]s1. The van der Waals surface area contributed by atoms with Crippen molar-refractivity contribution in [3.8, 4) is 0 Å². The molecule has 1 atom stereocenters. The van der Waals surface area contributed by atoms with Crippen molar-refractivity contribution in [2.75, 3.05) is 0 Å². The Kier molecular flexibility index (Phi) is 2.03. The summed E-state index contributed by atoms with van der Waals surface area (Å²) >= 11 is 0.941. The first-order valence-electron chi connectivity index (χ1n) is 3.16. The fourth-order valence-corrected chi connectivity index (χ4v) is 1.38. The van der Waals surface area contributed by atoms with Crippen LogP contribution in [0.25, 0.3) is 0 Å². The molecule has 0 bridgehead atoms. The number of rotatable bonds is 2. The summed E-state index contributed by atoms with van der Waals surface area (Å²) in [7, 11) is 0. The average Bonchev–Trinajstić information content (AvgIpc) is 2.35. The molecule has 0 aliphatic heterocycles. The van der Waals surface area contributed by atoms with Gasteiger partial charge in [-0.2, -0.15) is 0 Å². The van der Waals surface area contributed by atoms with Gasteiger partial charge in [-0.1, -0.05) is 11.5 Å². The third kappa shape index (κ3) is 1.39. The van der Waals surface area contributed by atoms with Crippen molar-refractivity contribution < 1.29 is 9.90 Å². The molecule has 12 heavy (non-hydrogen) atoms. The maximum Gasteiger partial charge on any atom is 0.328 e. The van der Waals surface area contributed by atoms with Gasteiger partial charge in [0, 0.05) is 6.07 Å². The van der Waals surface area contributed by atoms with Crippen molar-refractivity contribution in [1.82, 2.24) is 4.37 Å². The minimum Gasteiger partial charge on any atom is -0.480 e. The summed E-state index contributed by atoms with van der Waals surface area (Å²) < 4.78 is 2.37. The lowest BCUT2D eigenvalue weighted by molar-refractivity contribution is -0.142. The minimum absolute atomic E-state index is 0.319. The van der Waals surface area contributed by atoms with Gasteiger partial charge in [-0.15, -0.1) is 0 Å². The molecule has 0 amide bonds. The van der Waals surface area contributed by atoms with E-state index in [0.29, 0.717) is 4.88 Å². The fourth-order valence-electron chi connectivity index (χ4n) is 0.645. The summed E-state index contributed by atoms with van der Waals surface area (Å²) in [4.78, 5) is 21.6. The number of aliphatic carboxylic acids is 1. The van der Waals surface area contributed by atoms with Crippen LogP contribution in [-0.4, -0.2) is 15.4 Å². The predicted octanol–water partition coefficient (Wildman–Crippen LogP) is -0.305. The number of carbonyl (C=O) groups is 1. The zero-order chi connectivity index (χ0) is 9.35. The first-order chi connectivity index (χ1) is 5.44. The molecule has 4 N–H and O–H groups in total. The van der Waals surface area contributed by atoms with Gasteiger partial charge in [-0.3, -0.25) is 9.17 Å². The summed E-state index contributed by atoms with van der Waals surface area (Å²) in [6, 6.07) is 1.19. The molecule has 1 heterocycles. The highest BCUT2D eigenvalue weighted by molar-refractivity contribution is 7.06. The number of aromatic nitrogens is 1. The molecule has 0 aliphatic rings. The van der Waals surface area contributed by atoms with Gasteiger partial charge in [-0.25, -0.2) is 4.79 Å². The van der Waals surface area contributed by atoms with Crippen LogP contribution < -0.4 is 11.3 Å². The molecule has 1 unspecified atom stereocenters. The summed E-state index contributed by atoms with van der Waals surface area (Å²) in [6.07, 6.45) is 0. The Bertz CT molecular complexity index is 352. The van der Waals surface area contributed by atoms with E-state index in [-0.39, 0.29) is 5.56 Å². The van der Waals surface area contributed by atoms with Gasteiger partial charge in [0.2, 0.25) is 0 Å². The van der Waals surface area contributed by atoms with Crippen molar-refractivity contribution >= 4 is 17.5 Å². The van der Waals surface area contributed by atoms with E-state index in [0.717, 1.165) is 11.5 Å². The smallest absolute Gasteiger partial charge is 0.328 e. The van der Waals surface area contributed by atoms with Gasteiger partial charge < -0.3 is 10.8 Å². The Hall–Kier alpha value is -1.14. The molecule has 6 heteroatoms. The topological polar surface area (TPSA) is 96.2 Å². The van der Waals surface area contributed by atoms with E-state index in [1.807, 2.05) is 0 Å². The van der Waals surface area contributed by atoms with Crippen LogP contribution in [0.2, 0.25) is 0 Å². The molecule has 0 spiro atoms. The van der Waals surface area contributed by atoms with Gasteiger partial charge in [0.05, 0.1) is 4.88 Å². The van der Waals surface area contributed by atoms with E-state index >= 15 is 0 Å². The van der Waals surface area contributed by atoms with Crippen molar-refractivity contribution in [2.45, 2.75) is 12.5 Å². The predicted molar refractivity (Wildman–Crippen MR) is 44.1 cm³/mol. The number of carboxylic acid groups (broad SMARTS) is 1. The van der Waals surface area contributed by atoms with Crippen LogP contribution >= 0.6 is 11.5 Å². The summed E-state index contributed by atoms with van der Waals surface area (Å²) in [5.74, 6) is -1.15. The van der Waals surface area contributed by atoms with Gasteiger partial charge in [0.1, 0.15) is 5.54 Å². The Morgan fingerprint density at radius 3 is 2.75 bits per heavy atom. The summed E-state index contributed by atoms with van der Waals surface area (Å²) in [5.41, 5.74) is 3.64. The molecule has 0 radical (unpaired) electrons. The van der Waals surface area contributed by atoms with Crippen LogP contribution in [0.1, 0.15) is 11.8 Å². The standard InChI is InChI=1S/C6H8N2O3S/c1-6(7,5(10)11)3-2-4(9)8-12-3/h2H,7H2,1H3,(H,8,9)(H,10,11). The number of carboxylic acids is 1. The highest BCUT2D eigenvalue weighted by Crippen LogP contribution is 2.18. The number of hydrogen-bond donors (Lipinski definition) is 3. The van der Waals surface area contributed by atoms with Crippen LogP contribution in [0.5, 0.6) is 0 Å². The second kappa shape index (κ2) is 2.72. The molecule has 5 nitrogen and oxygen atoms in total. The molecule has 1 rings (SSSR count). The minimum atomic E-state index is -1.48. The number of aromatic amines is 1. The third-order valence-electron chi connectivity index (χ3n) is 1.48. The largest absolute Gasteiger partial charge is 0.480 e. The van der Waals surface area contributed by atoms with E-state index in [1.54, 1.807) is 0 Å². The zero-order valence-corrected chi connectivity index (χ0v) is 7.14. The van der Waals surface area contributed by atoms with E-state index < -0.39 is 11.5 Å². The lowest BCUT2D eigenvalue weighted by Crippen LogP contribution is -2.41. The number of hydrogen-bond acceptors (Lipinski definition) is 4. The van der Waals surface area contributed by atoms with Crippen LogP contribution in [0.15, 0.2) is 10.9 Å². The fraction of sp³-hybridized carbons (Fsp3) is 0.333. The molecular weight excluding hydrogens is 180 g/mol. The molecule has 0 aromatic carbocycles. The molecule has 66 valence electrons. The van der Waals surface area contributed by atoms with Crippen LogP contribution in [0, 0.1) is 0 Å². The molecule has 0 saturated heterocycles. The monoisotopic (exact) mass is 188 g/mol. The lowest BCUT2D eigenvalue weighted by atomic mass is 10.0. The highest BCUT2D eigenvalue weighted by atomic mass is 32.1. The molecule has 1 aromatic rings. The Morgan fingerprint density at radius 2 is 2.42 bits per heavy atom. The Labute approximate surface area is 72.0 Å². The van der Waals surface area contributed by atoms with Crippen molar-refractivity contribution in [3.63, 3.8) is 0 Å². The highest BCUT2D eigenvalue weighted by Gasteiger charge is 2.32. The number of nitrogens with two attached hydrogens (primary N) is 1. The van der Waals surface area contributed by atoms with E-state index in [9.17, 15) is 9.59 Å². The van der Waals surface area contributed by atoms with Crippen molar-refractivity contribution in [2.24, 2.45) is 5.73 Å². The first kappa shape index (κ1) is 8.95.